The first-order valence-electron chi connectivity index (χ1n) is 14.0. The molecule has 0 atom stereocenters. The number of piperazine rings is 1. The molecule has 2 aliphatic heterocycles. The molecule has 0 bridgehead atoms. The zero-order valence-electron chi connectivity index (χ0n) is 23.9. The van der Waals surface area contributed by atoms with Crippen molar-refractivity contribution in [2.45, 2.75) is 31.7 Å². The molecule has 0 unspecified atom stereocenters. The van der Waals surface area contributed by atoms with Gasteiger partial charge < -0.3 is 29.7 Å². The highest BCUT2D eigenvalue weighted by atomic mass is 19.1. The fourth-order valence-electron chi connectivity index (χ4n) is 5.61. The summed E-state index contributed by atoms with van der Waals surface area (Å²) < 4.78 is 45.1. The number of piperidine rings is 1. The van der Waals surface area contributed by atoms with Crippen LogP contribution < -0.4 is 29.7 Å². The summed E-state index contributed by atoms with van der Waals surface area (Å²) in [5.74, 6) is -0.481. The second kappa shape index (κ2) is 13.3. The highest BCUT2D eigenvalue weighted by molar-refractivity contribution is 5.68. The summed E-state index contributed by atoms with van der Waals surface area (Å²) in [5.41, 5.74) is 2.53. The smallest absolute Gasteiger partial charge is 0.227 e. The van der Waals surface area contributed by atoms with Crippen molar-refractivity contribution in [1.29, 1.82) is 0 Å². The summed E-state index contributed by atoms with van der Waals surface area (Å²) >= 11 is 0. The minimum atomic E-state index is -0.732. The van der Waals surface area contributed by atoms with Gasteiger partial charge in [0.25, 0.3) is 0 Å². The number of anilines is 3. The number of aromatic nitrogens is 2. The average molecular weight is 569 g/mol. The van der Waals surface area contributed by atoms with Crippen molar-refractivity contribution in [3.05, 3.63) is 59.4 Å². The molecule has 0 saturated carbocycles. The van der Waals surface area contributed by atoms with E-state index in [0.29, 0.717) is 24.2 Å². The fourth-order valence-corrected chi connectivity index (χ4v) is 5.61. The average Bonchev–Trinajstić information content (AvgIpc) is 3.02. The molecule has 2 fully saturated rings. The molecule has 0 aliphatic carbocycles. The van der Waals surface area contributed by atoms with Gasteiger partial charge in [0.15, 0.2) is 23.1 Å². The van der Waals surface area contributed by atoms with Crippen molar-refractivity contribution in [3.8, 4) is 17.2 Å². The van der Waals surface area contributed by atoms with Gasteiger partial charge in [-0.2, -0.15) is 0 Å². The van der Waals surface area contributed by atoms with Crippen molar-refractivity contribution >= 4 is 17.3 Å². The summed E-state index contributed by atoms with van der Waals surface area (Å²) in [7, 11) is 4.31. The zero-order valence-corrected chi connectivity index (χ0v) is 23.9. The maximum atomic E-state index is 14.7. The lowest BCUT2D eigenvalue weighted by atomic mass is 10.0. The third kappa shape index (κ3) is 6.62. The molecule has 0 radical (unpaired) electrons. The third-order valence-corrected chi connectivity index (χ3v) is 7.96. The molecule has 2 N–H and O–H groups in total. The number of halogens is 2. The highest BCUT2D eigenvalue weighted by Gasteiger charge is 2.26. The number of nitrogens with one attached hydrogen (secondary N) is 2. The standard InChI is InChI=1S/C30H38F2N6O3/c1-39-25-16-22(37-12-8-21(9-13-37)38-14-10-33-11-15-38)5-7-24(25)36-30-34-18-20(19-35-30)4-6-23-28(31)26(40-2)17-27(41-3)29(23)32/h5,7,16-19,21,33H,4,6,8-15H2,1-3H3,(H,34,35,36). The Balaban J connectivity index is 1.19. The van der Waals surface area contributed by atoms with Gasteiger partial charge in [0, 0.05) is 81.1 Å². The van der Waals surface area contributed by atoms with Gasteiger partial charge in [-0.3, -0.25) is 4.90 Å². The lowest BCUT2D eigenvalue weighted by Crippen LogP contribution is -2.52. The first-order chi connectivity index (χ1) is 20.0. The van der Waals surface area contributed by atoms with Crippen molar-refractivity contribution in [3.63, 3.8) is 0 Å². The van der Waals surface area contributed by atoms with Gasteiger partial charge in [0.05, 0.1) is 27.0 Å². The maximum absolute atomic E-state index is 14.7. The zero-order chi connectivity index (χ0) is 28.8. The number of rotatable bonds is 10. The molecule has 3 aromatic rings. The molecule has 0 spiro atoms. The third-order valence-electron chi connectivity index (χ3n) is 7.96. The Hall–Kier alpha value is -3.70. The van der Waals surface area contributed by atoms with Crippen molar-refractivity contribution in [2.75, 3.05) is 70.8 Å². The lowest BCUT2D eigenvalue weighted by Gasteiger charge is -2.41. The normalized spacial score (nSPS) is 16.5. The van der Waals surface area contributed by atoms with Gasteiger partial charge in [0.2, 0.25) is 5.95 Å². The van der Waals surface area contributed by atoms with Crippen molar-refractivity contribution in [1.82, 2.24) is 20.2 Å². The molecule has 220 valence electrons. The molecule has 0 amide bonds. The Kier molecular flexibility index (Phi) is 9.35. The molecule has 2 aromatic carbocycles. The van der Waals surface area contributed by atoms with Crippen LogP contribution in [0.25, 0.3) is 0 Å². The molecule has 11 heteroatoms. The Bertz CT molecular complexity index is 1280. The summed E-state index contributed by atoms with van der Waals surface area (Å²) in [6.45, 7) is 6.47. The van der Waals surface area contributed by atoms with Crippen LogP contribution in [0.15, 0.2) is 36.7 Å². The first kappa shape index (κ1) is 28.8. The van der Waals surface area contributed by atoms with E-state index in [4.69, 9.17) is 14.2 Å². The SMILES string of the molecule is COc1cc(N2CCC(N3CCNCC3)CC2)ccc1Nc1ncc(CCc2c(F)c(OC)cc(OC)c2F)cn1. The number of aryl methyl sites for hydroxylation is 1. The van der Waals surface area contributed by atoms with E-state index < -0.39 is 11.6 Å². The van der Waals surface area contributed by atoms with Crippen molar-refractivity contribution < 1.29 is 23.0 Å². The second-order valence-corrected chi connectivity index (χ2v) is 10.3. The predicted octanol–water partition coefficient (Wildman–Crippen LogP) is 4.18. The fraction of sp³-hybridized carbons (Fsp3) is 0.467. The molecule has 5 rings (SSSR count). The monoisotopic (exact) mass is 568 g/mol. The van der Waals surface area contributed by atoms with Crippen LogP contribution in [0.1, 0.15) is 24.0 Å². The lowest BCUT2D eigenvalue weighted by molar-refractivity contribution is 0.150. The van der Waals surface area contributed by atoms with E-state index in [1.54, 1.807) is 19.5 Å². The quantitative estimate of drug-likeness (QED) is 0.374. The van der Waals surface area contributed by atoms with Crippen LogP contribution in [0.2, 0.25) is 0 Å². The molecule has 2 saturated heterocycles. The van der Waals surface area contributed by atoms with E-state index in [9.17, 15) is 8.78 Å². The maximum Gasteiger partial charge on any atom is 0.227 e. The highest BCUT2D eigenvalue weighted by Crippen LogP contribution is 2.34. The Morgan fingerprint density at radius 1 is 0.854 bits per heavy atom. The Labute approximate surface area is 239 Å². The van der Waals surface area contributed by atoms with Gasteiger partial charge in [-0.05, 0) is 43.4 Å². The molecule has 2 aliphatic rings. The minimum Gasteiger partial charge on any atom is -0.494 e. The molecule has 41 heavy (non-hydrogen) atoms. The van der Waals surface area contributed by atoms with Crippen LogP contribution in [0, 0.1) is 11.6 Å². The predicted molar refractivity (Wildman–Crippen MR) is 155 cm³/mol. The van der Waals surface area contributed by atoms with E-state index in [-0.39, 0.29) is 23.5 Å². The van der Waals surface area contributed by atoms with E-state index >= 15 is 0 Å². The Morgan fingerprint density at radius 3 is 2.10 bits per heavy atom. The number of nitrogens with zero attached hydrogens (tertiary/aromatic N) is 4. The van der Waals surface area contributed by atoms with Crippen LogP contribution in [-0.2, 0) is 12.8 Å². The van der Waals surface area contributed by atoms with Crippen molar-refractivity contribution in [2.24, 2.45) is 0 Å². The topological polar surface area (TPSA) is 84.0 Å². The number of hydrogen-bond acceptors (Lipinski definition) is 9. The largest absolute Gasteiger partial charge is 0.494 e. The van der Waals surface area contributed by atoms with Gasteiger partial charge in [-0.25, -0.2) is 18.7 Å². The van der Waals surface area contributed by atoms with Crippen LogP contribution in [0.5, 0.6) is 17.2 Å². The van der Waals surface area contributed by atoms with Crippen LogP contribution in [0.4, 0.5) is 26.1 Å². The van der Waals surface area contributed by atoms with Crippen LogP contribution in [0.3, 0.4) is 0 Å². The van der Waals surface area contributed by atoms with Gasteiger partial charge in [0.1, 0.15) is 5.75 Å². The van der Waals surface area contributed by atoms with Gasteiger partial charge in [-0.15, -0.1) is 0 Å². The Morgan fingerprint density at radius 2 is 1.49 bits per heavy atom. The van der Waals surface area contributed by atoms with Crippen LogP contribution in [-0.4, -0.2) is 81.5 Å². The van der Waals surface area contributed by atoms with E-state index in [1.807, 2.05) is 12.1 Å². The molecule has 1 aromatic heterocycles. The number of ether oxygens (including phenoxy) is 3. The summed E-state index contributed by atoms with van der Waals surface area (Å²) in [4.78, 5) is 13.9. The van der Waals surface area contributed by atoms with Gasteiger partial charge in [-0.1, -0.05) is 0 Å². The number of hydrogen-bond donors (Lipinski definition) is 2. The molecule has 9 nitrogen and oxygen atoms in total. The molecular weight excluding hydrogens is 530 g/mol. The summed E-state index contributed by atoms with van der Waals surface area (Å²) in [6.07, 6.45) is 6.05. The number of benzene rings is 2. The van der Waals surface area contributed by atoms with E-state index in [0.717, 1.165) is 69.0 Å². The van der Waals surface area contributed by atoms with E-state index in [2.05, 4.69) is 36.5 Å². The number of methoxy groups -OCH3 is 3. The molecule has 3 heterocycles. The minimum absolute atomic E-state index is 0.0614. The molecular formula is C30H38F2N6O3. The first-order valence-corrected chi connectivity index (χ1v) is 14.0. The summed E-state index contributed by atoms with van der Waals surface area (Å²) in [5, 5.41) is 6.66. The summed E-state index contributed by atoms with van der Waals surface area (Å²) in [6, 6.07) is 7.99. The van der Waals surface area contributed by atoms with Crippen LogP contribution >= 0.6 is 0 Å². The van der Waals surface area contributed by atoms with Gasteiger partial charge >= 0.3 is 0 Å². The second-order valence-electron chi connectivity index (χ2n) is 10.3. The van der Waals surface area contributed by atoms with E-state index in [1.165, 1.54) is 20.3 Å².